The zero-order chi connectivity index (χ0) is 22.5. The maximum atomic E-state index is 4.98. The molecule has 0 N–H and O–H groups in total. The molecule has 5 rings (SSSR count). The molecule has 2 heterocycles. The van der Waals surface area contributed by atoms with E-state index in [4.69, 9.17) is 4.98 Å². The van der Waals surface area contributed by atoms with Gasteiger partial charge in [0.2, 0.25) is 0 Å². The fraction of sp³-hybridized carbons (Fsp3) is 0.107. The maximum Gasteiger partial charge on any atom is 0.165 e. The highest BCUT2D eigenvalue weighted by Crippen LogP contribution is 2.28. The summed E-state index contributed by atoms with van der Waals surface area (Å²) in [6.07, 6.45) is 5.82. The van der Waals surface area contributed by atoms with Crippen LogP contribution in [0.25, 0.3) is 23.3 Å². The van der Waals surface area contributed by atoms with Crippen molar-refractivity contribution in [2.24, 2.45) is 0 Å². The van der Waals surface area contributed by atoms with Gasteiger partial charge in [0.05, 0.1) is 6.54 Å². The van der Waals surface area contributed by atoms with Gasteiger partial charge in [0.15, 0.2) is 5.65 Å². The van der Waals surface area contributed by atoms with Gasteiger partial charge in [-0.25, -0.2) is 15.0 Å². The third-order valence-electron chi connectivity index (χ3n) is 5.43. The standard InChI is InChI=1S/C28H24N4S/c1-21-12-14-22(15-13-21)16-17-25-31-26-27(32(25)18-23-8-4-2-5-9-23)29-20-30-28(26)33-19-24-10-6-3-7-11-24/h2-17,20H,18-19H2,1H3/b17-16+. The molecule has 5 aromatic rings. The number of rotatable bonds is 7. The molecule has 4 nitrogen and oxygen atoms in total. The molecule has 0 aliphatic rings. The number of fused-ring (bicyclic) bond motifs is 1. The van der Waals surface area contributed by atoms with E-state index in [1.807, 2.05) is 12.1 Å². The predicted molar refractivity (Wildman–Crippen MR) is 137 cm³/mol. The van der Waals surface area contributed by atoms with Crippen LogP contribution in [0, 0.1) is 6.92 Å². The number of nitrogens with zero attached hydrogens (tertiary/aromatic N) is 4. The average Bonchev–Trinajstić information content (AvgIpc) is 3.21. The highest BCUT2D eigenvalue weighted by atomic mass is 32.2. The molecule has 0 aliphatic heterocycles. The Balaban J connectivity index is 1.53. The molecule has 5 heteroatoms. The molecular formula is C28H24N4S. The number of thioether (sulfide) groups is 1. The average molecular weight is 449 g/mol. The Labute approximate surface area is 198 Å². The molecule has 0 spiro atoms. The van der Waals surface area contributed by atoms with Crippen molar-refractivity contribution in [2.75, 3.05) is 0 Å². The third kappa shape index (κ3) is 5.04. The van der Waals surface area contributed by atoms with Gasteiger partial charge in [-0.05, 0) is 29.7 Å². The minimum Gasteiger partial charge on any atom is -0.305 e. The summed E-state index contributed by atoms with van der Waals surface area (Å²) in [6, 6.07) is 29.3. The van der Waals surface area contributed by atoms with Crippen LogP contribution in [0.2, 0.25) is 0 Å². The van der Waals surface area contributed by atoms with Gasteiger partial charge < -0.3 is 4.57 Å². The predicted octanol–water partition coefficient (Wildman–Crippen LogP) is 6.65. The van der Waals surface area contributed by atoms with Crippen LogP contribution >= 0.6 is 11.8 Å². The second kappa shape index (κ2) is 9.84. The van der Waals surface area contributed by atoms with Gasteiger partial charge in [-0.3, -0.25) is 0 Å². The second-order valence-corrected chi connectivity index (χ2v) is 8.88. The van der Waals surface area contributed by atoms with Crippen LogP contribution in [0.5, 0.6) is 0 Å². The lowest BCUT2D eigenvalue weighted by Crippen LogP contribution is -2.03. The molecule has 0 atom stereocenters. The molecular weight excluding hydrogens is 424 g/mol. The van der Waals surface area contributed by atoms with Crippen molar-refractivity contribution in [2.45, 2.75) is 24.2 Å². The van der Waals surface area contributed by atoms with E-state index in [0.717, 1.165) is 33.3 Å². The van der Waals surface area contributed by atoms with Crippen molar-refractivity contribution in [3.63, 3.8) is 0 Å². The van der Waals surface area contributed by atoms with E-state index < -0.39 is 0 Å². The lowest BCUT2D eigenvalue weighted by molar-refractivity contribution is 0.802. The molecule has 0 fully saturated rings. The Kier molecular flexibility index (Phi) is 6.31. The Morgan fingerprint density at radius 2 is 1.48 bits per heavy atom. The largest absolute Gasteiger partial charge is 0.305 e. The Bertz CT molecular complexity index is 1370. The van der Waals surface area contributed by atoms with E-state index in [1.165, 1.54) is 16.7 Å². The smallest absolute Gasteiger partial charge is 0.165 e. The van der Waals surface area contributed by atoms with Crippen molar-refractivity contribution in [1.82, 2.24) is 19.5 Å². The molecule has 0 saturated heterocycles. The Morgan fingerprint density at radius 3 is 2.21 bits per heavy atom. The zero-order valence-electron chi connectivity index (χ0n) is 18.4. The van der Waals surface area contributed by atoms with Gasteiger partial charge in [0, 0.05) is 5.75 Å². The first-order valence-corrected chi connectivity index (χ1v) is 11.9. The van der Waals surface area contributed by atoms with Crippen molar-refractivity contribution < 1.29 is 0 Å². The second-order valence-electron chi connectivity index (χ2n) is 7.91. The van der Waals surface area contributed by atoms with E-state index in [0.29, 0.717) is 6.54 Å². The molecule has 33 heavy (non-hydrogen) atoms. The van der Waals surface area contributed by atoms with Crippen LogP contribution in [0.15, 0.2) is 96.3 Å². The third-order valence-corrected chi connectivity index (χ3v) is 6.48. The first-order chi connectivity index (χ1) is 16.3. The topological polar surface area (TPSA) is 43.6 Å². The minimum absolute atomic E-state index is 0.699. The zero-order valence-corrected chi connectivity index (χ0v) is 19.2. The van der Waals surface area contributed by atoms with Crippen molar-refractivity contribution in [3.8, 4) is 0 Å². The summed E-state index contributed by atoms with van der Waals surface area (Å²) in [6.45, 7) is 2.80. The molecule has 0 bridgehead atoms. The van der Waals surface area contributed by atoms with Gasteiger partial charge >= 0.3 is 0 Å². The van der Waals surface area contributed by atoms with Gasteiger partial charge in [-0.2, -0.15) is 0 Å². The summed E-state index contributed by atoms with van der Waals surface area (Å²) in [4.78, 5) is 14.2. The number of hydrogen-bond donors (Lipinski definition) is 0. The fourth-order valence-electron chi connectivity index (χ4n) is 3.66. The quantitative estimate of drug-likeness (QED) is 0.207. The maximum absolute atomic E-state index is 4.98. The molecule has 162 valence electrons. The van der Waals surface area contributed by atoms with Gasteiger partial charge in [0.25, 0.3) is 0 Å². The monoisotopic (exact) mass is 448 g/mol. The highest BCUT2D eigenvalue weighted by Gasteiger charge is 2.15. The lowest BCUT2D eigenvalue weighted by Gasteiger charge is -2.07. The van der Waals surface area contributed by atoms with Crippen LogP contribution in [-0.2, 0) is 12.3 Å². The first-order valence-electron chi connectivity index (χ1n) is 10.9. The number of hydrogen-bond acceptors (Lipinski definition) is 4. The van der Waals surface area contributed by atoms with E-state index in [1.54, 1.807) is 18.1 Å². The molecule has 0 aliphatic carbocycles. The van der Waals surface area contributed by atoms with Gasteiger partial charge in [-0.1, -0.05) is 108 Å². The summed E-state index contributed by atoms with van der Waals surface area (Å²) in [5.41, 5.74) is 6.56. The van der Waals surface area contributed by atoms with Gasteiger partial charge in [-0.15, -0.1) is 0 Å². The molecule has 2 aromatic heterocycles. The lowest BCUT2D eigenvalue weighted by atomic mass is 10.1. The summed E-state index contributed by atoms with van der Waals surface area (Å²) in [5.74, 6) is 1.71. The van der Waals surface area contributed by atoms with Crippen LogP contribution in [-0.4, -0.2) is 19.5 Å². The first kappa shape index (κ1) is 21.2. The SMILES string of the molecule is Cc1ccc(/C=C/c2nc3c(SCc4ccccc4)ncnc3n2Cc2ccccc2)cc1. The van der Waals surface area contributed by atoms with E-state index in [2.05, 4.69) is 106 Å². The number of aryl methyl sites for hydroxylation is 1. The molecule has 3 aromatic carbocycles. The Hall–Kier alpha value is -3.70. The van der Waals surface area contributed by atoms with Crippen molar-refractivity contribution in [1.29, 1.82) is 0 Å². The minimum atomic E-state index is 0.699. The molecule has 0 radical (unpaired) electrons. The van der Waals surface area contributed by atoms with E-state index >= 15 is 0 Å². The highest BCUT2D eigenvalue weighted by molar-refractivity contribution is 7.98. The van der Waals surface area contributed by atoms with Crippen molar-refractivity contribution in [3.05, 3.63) is 119 Å². The van der Waals surface area contributed by atoms with Gasteiger partial charge in [0.1, 0.15) is 22.7 Å². The number of imidazole rings is 1. The van der Waals surface area contributed by atoms with Crippen LogP contribution in [0.4, 0.5) is 0 Å². The normalized spacial score (nSPS) is 11.4. The van der Waals surface area contributed by atoms with E-state index in [-0.39, 0.29) is 0 Å². The number of benzene rings is 3. The van der Waals surface area contributed by atoms with Crippen LogP contribution in [0.1, 0.15) is 28.1 Å². The molecule has 0 saturated carbocycles. The fourth-order valence-corrected chi connectivity index (χ4v) is 4.55. The van der Waals surface area contributed by atoms with Crippen molar-refractivity contribution >= 4 is 35.1 Å². The van der Waals surface area contributed by atoms with Crippen LogP contribution in [0.3, 0.4) is 0 Å². The van der Waals surface area contributed by atoms with E-state index in [9.17, 15) is 0 Å². The van der Waals surface area contributed by atoms with Crippen LogP contribution < -0.4 is 0 Å². The molecule has 0 amide bonds. The summed E-state index contributed by atoms with van der Waals surface area (Å²) < 4.78 is 2.17. The summed E-state index contributed by atoms with van der Waals surface area (Å²) in [7, 11) is 0. The summed E-state index contributed by atoms with van der Waals surface area (Å²) >= 11 is 1.70. The molecule has 0 unspecified atom stereocenters. The number of aromatic nitrogens is 4. The summed E-state index contributed by atoms with van der Waals surface area (Å²) in [5, 5.41) is 0.903. The Morgan fingerprint density at radius 1 is 0.788 bits per heavy atom.